The lowest BCUT2D eigenvalue weighted by atomic mass is 9.88. The average Bonchev–Trinajstić information content (AvgIpc) is 2.47. The van der Waals surface area contributed by atoms with E-state index in [9.17, 15) is 0 Å². The quantitative estimate of drug-likeness (QED) is 0.857. The molecule has 1 saturated heterocycles. The second kappa shape index (κ2) is 7.80. The summed E-state index contributed by atoms with van der Waals surface area (Å²) < 4.78 is 0. The van der Waals surface area contributed by atoms with Crippen molar-refractivity contribution < 1.29 is 0 Å². The van der Waals surface area contributed by atoms with Gasteiger partial charge in [-0.3, -0.25) is 4.90 Å². The monoisotopic (exact) mass is 274 g/mol. The highest BCUT2D eigenvalue weighted by atomic mass is 15.1. The molecule has 1 atom stereocenters. The van der Waals surface area contributed by atoms with Gasteiger partial charge in [0.05, 0.1) is 0 Å². The Balaban J connectivity index is 1.67. The first-order chi connectivity index (χ1) is 9.65. The molecular formula is C18H30N2. The van der Waals surface area contributed by atoms with Crippen molar-refractivity contribution in [3.63, 3.8) is 0 Å². The third-order valence-corrected chi connectivity index (χ3v) is 4.72. The molecule has 0 amide bonds. The van der Waals surface area contributed by atoms with E-state index in [-0.39, 0.29) is 0 Å². The summed E-state index contributed by atoms with van der Waals surface area (Å²) in [4.78, 5) is 2.59. The standard InChI is InChI=1S/C18H30N2/c1-15(2)18(19)9-8-16-10-12-20(13-11-16)14-17-6-4-3-5-7-17/h3-7,15-16,18H,8-14,19H2,1-2H3. The van der Waals surface area contributed by atoms with E-state index in [1.807, 2.05) is 0 Å². The SMILES string of the molecule is CC(C)C(N)CCC1CCN(Cc2ccccc2)CC1. The molecule has 20 heavy (non-hydrogen) atoms. The van der Waals surface area contributed by atoms with Crippen molar-refractivity contribution in [2.75, 3.05) is 13.1 Å². The molecule has 0 bridgehead atoms. The summed E-state index contributed by atoms with van der Waals surface area (Å²) >= 11 is 0. The molecule has 0 spiro atoms. The fraction of sp³-hybridized carbons (Fsp3) is 0.667. The lowest BCUT2D eigenvalue weighted by Gasteiger charge is -2.32. The molecule has 112 valence electrons. The van der Waals surface area contributed by atoms with Crippen molar-refractivity contribution in [1.82, 2.24) is 4.90 Å². The lowest BCUT2D eigenvalue weighted by molar-refractivity contribution is 0.168. The molecule has 2 N–H and O–H groups in total. The highest BCUT2D eigenvalue weighted by molar-refractivity contribution is 5.14. The minimum atomic E-state index is 0.386. The predicted molar refractivity (Wildman–Crippen MR) is 86.5 cm³/mol. The molecule has 1 aromatic rings. The number of nitrogens with zero attached hydrogens (tertiary/aromatic N) is 1. The van der Waals surface area contributed by atoms with Gasteiger partial charge in [-0.15, -0.1) is 0 Å². The second-order valence-corrected chi connectivity index (χ2v) is 6.69. The van der Waals surface area contributed by atoms with Gasteiger partial charge in [0.2, 0.25) is 0 Å². The Hall–Kier alpha value is -0.860. The molecule has 2 nitrogen and oxygen atoms in total. The second-order valence-electron chi connectivity index (χ2n) is 6.69. The third-order valence-electron chi connectivity index (χ3n) is 4.72. The maximum absolute atomic E-state index is 6.15. The molecule has 0 aliphatic carbocycles. The zero-order valence-electron chi connectivity index (χ0n) is 13.1. The molecule has 1 fully saturated rings. The molecule has 1 unspecified atom stereocenters. The molecule has 1 aliphatic heterocycles. The van der Waals surface area contributed by atoms with Gasteiger partial charge in [0.25, 0.3) is 0 Å². The number of likely N-dealkylation sites (tertiary alicyclic amines) is 1. The number of rotatable bonds is 6. The minimum Gasteiger partial charge on any atom is -0.327 e. The first kappa shape index (κ1) is 15.5. The largest absolute Gasteiger partial charge is 0.327 e. The van der Waals surface area contributed by atoms with Crippen LogP contribution in [0.4, 0.5) is 0 Å². The van der Waals surface area contributed by atoms with Crippen molar-refractivity contribution in [3.8, 4) is 0 Å². The fourth-order valence-corrected chi connectivity index (χ4v) is 3.04. The van der Waals surface area contributed by atoms with Crippen molar-refractivity contribution in [3.05, 3.63) is 35.9 Å². The van der Waals surface area contributed by atoms with Crippen LogP contribution in [0.3, 0.4) is 0 Å². The number of benzene rings is 1. The number of piperidine rings is 1. The van der Waals surface area contributed by atoms with Gasteiger partial charge >= 0.3 is 0 Å². The van der Waals surface area contributed by atoms with Crippen LogP contribution in [0.25, 0.3) is 0 Å². The van der Waals surface area contributed by atoms with E-state index in [4.69, 9.17) is 5.73 Å². The zero-order valence-corrected chi connectivity index (χ0v) is 13.1. The Morgan fingerprint density at radius 3 is 2.40 bits per heavy atom. The smallest absolute Gasteiger partial charge is 0.0233 e. The van der Waals surface area contributed by atoms with Gasteiger partial charge in [0.15, 0.2) is 0 Å². The molecular weight excluding hydrogens is 244 g/mol. The van der Waals surface area contributed by atoms with Gasteiger partial charge in [-0.25, -0.2) is 0 Å². The summed E-state index contributed by atoms with van der Waals surface area (Å²) in [6, 6.07) is 11.2. The highest BCUT2D eigenvalue weighted by Gasteiger charge is 2.20. The van der Waals surface area contributed by atoms with Crippen LogP contribution in [0, 0.1) is 11.8 Å². The van der Waals surface area contributed by atoms with Crippen LogP contribution in [0.5, 0.6) is 0 Å². The van der Waals surface area contributed by atoms with Crippen molar-refractivity contribution in [2.24, 2.45) is 17.6 Å². The summed E-state index contributed by atoms with van der Waals surface area (Å²) in [5.41, 5.74) is 7.59. The van der Waals surface area contributed by atoms with E-state index >= 15 is 0 Å². The minimum absolute atomic E-state index is 0.386. The van der Waals surface area contributed by atoms with Gasteiger partial charge < -0.3 is 5.73 Å². The van der Waals surface area contributed by atoms with E-state index in [0.717, 1.165) is 12.5 Å². The van der Waals surface area contributed by atoms with Crippen LogP contribution in [0.2, 0.25) is 0 Å². The van der Waals surface area contributed by atoms with E-state index in [0.29, 0.717) is 12.0 Å². The van der Waals surface area contributed by atoms with Gasteiger partial charge in [-0.2, -0.15) is 0 Å². The lowest BCUT2D eigenvalue weighted by Crippen LogP contribution is -2.34. The van der Waals surface area contributed by atoms with E-state index < -0.39 is 0 Å². The third kappa shape index (κ3) is 4.92. The van der Waals surface area contributed by atoms with Crippen LogP contribution < -0.4 is 5.73 Å². The molecule has 1 aromatic carbocycles. The Labute approximate surface area is 124 Å². The van der Waals surface area contributed by atoms with Crippen LogP contribution in [-0.2, 0) is 6.54 Å². The predicted octanol–water partition coefficient (Wildman–Crippen LogP) is 3.66. The van der Waals surface area contributed by atoms with Gasteiger partial charge in [-0.1, -0.05) is 44.2 Å². The van der Waals surface area contributed by atoms with Crippen LogP contribution in [0.1, 0.15) is 45.1 Å². The zero-order chi connectivity index (χ0) is 14.4. The van der Waals surface area contributed by atoms with Crippen molar-refractivity contribution >= 4 is 0 Å². The molecule has 0 saturated carbocycles. The first-order valence-electron chi connectivity index (χ1n) is 8.17. The topological polar surface area (TPSA) is 29.3 Å². The average molecular weight is 274 g/mol. The fourth-order valence-electron chi connectivity index (χ4n) is 3.04. The van der Waals surface area contributed by atoms with Gasteiger partial charge in [0, 0.05) is 12.6 Å². The Bertz CT molecular complexity index is 366. The number of hydrogen-bond acceptors (Lipinski definition) is 2. The van der Waals surface area contributed by atoms with E-state index in [1.165, 1.54) is 44.3 Å². The maximum Gasteiger partial charge on any atom is 0.0233 e. The summed E-state index contributed by atoms with van der Waals surface area (Å²) in [5, 5.41) is 0. The summed E-state index contributed by atoms with van der Waals surface area (Å²) in [6.45, 7) is 8.06. The van der Waals surface area contributed by atoms with Crippen LogP contribution in [-0.4, -0.2) is 24.0 Å². The molecule has 0 aromatic heterocycles. The normalized spacial score (nSPS) is 19.4. The van der Waals surface area contributed by atoms with Crippen LogP contribution >= 0.6 is 0 Å². The Morgan fingerprint density at radius 2 is 1.80 bits per heavy atom. The Kier molecular flexibility index (Phi) is 6.06. The summed E-state index contributed by atoms with van der Waals surface area (Å²) in [7, 11) is 0. The van der Waals surface area contributed by atoms with E-state index in [2.05, 4.69) is 49.1 Å². The number of nitrogens with two attached hydrogens (primary N) is 1. The highest BCUT2D eigenvalue weighted by Crippen LogP contribution is 2.24. The van der Waals surface area contributed by atoms with Crippen molar-refractivity contribution in [1.29, 1.82) is 0 Å². The van der Waals surface area contributed by atoms with Gasteiger partial charge in [-0.05, 0) is 56.2 Å². The van der Waals surface area contributed by atoms with Crippen LogP contribution in [0.15, 0.2) is 30.3 Å². The molecule has 1 heterocycles. The molecule has 2 rings (SSSR count). The van der Waals surface area contributed by atoms with E-state index in [1.54, 1.807) is 0 Å². The molecule has 1 aliphatic rings. The van der Waals surface area contributed by atoms with Gasteiger partial charge in [0.1, 0.15) is 0 Å². The molecule has 0 radical (unpaired) electrons. The molecule has 2 heteroatoms. The summed E-state index contributed by atoms with van der Waals surface area (Å²) in [6.07, 6.45) is 5.20. The maximum atomic E-state index is 6.15. The van der Waals surface area contributed by atoms with Crippen molar-refractivity contribution in [2.45, 2.75) is 52.1 Å². The first-order valence-corrected chi connectivity index (χ1v) is 8.17. The Morgan fingerprint density at radius 1 is 1.15 bits per heavy atom. The summed E-state index contributed by atoms with van der Waals surface area (Å²) in [5.74, 6) is 1.51. The number of hydrogen-bond donors (Lipinski definition) is 1.